The molecule has 8 nitrogen and oxygen atoms in total. The van der Waals surface area contributed by atoms with Gasteiger partial charge in [0.15, 0.2) is 6.29 Å². The molecule has 0 saturated carbocycles. The Morgan fingerprint density at radius 2 is 1.73 bits per heavy atom. The van der Waals surface area contributed by atoms with Gasteiger partial charge in [-0.25, -0.2) is 4.98 Å². The third-order valence-corrected chi connectivity index (χ3v) is 8.97. The number of thioether (sulfide) groups is 1. The van der Waals surface area contributed by atoms with E-state index in [1.807, 2.05) is 54.6 Å². The molecule has 234 valence electrons. The Hall–Kier alpha value is -3.45. The van der Waals surface area contributed by atoms with Crippen molar-refractivity contribution in [1.82, 2.24) is 15.2 Å². The van der Waals surface area contributed by atoms with Crippen molar-refractivity contribution in [3.8, 4) is 0 Å². The fourth-order valence-electron chi connectivity index (χ4n) is 5.45. The van der Waals surface area contributed by atoms with E-state index in [0.717, 1.165) is 27.3 Å². The van der Waals surface area contributed by atoms with E-state index in [0.29, 0.717) is 17.1 Å². The van der Waals surface area contributed by atoms with Gasteiger partial charge in [-0.3, -0.25) is 9.59 Å². The Kier molecular flexibility index (Phi) is 10.2. The van der Waals surface area contributed by atoms with Crippen molar-refractivity contribution in [1.29, 1.82) is 0 Å². The predicted octanol–water partition coefficient (Wildman–Crippen LogP) is 5.33. The van der Waals surface area contributed by atoms with Gasteiger partial charge in [-0.2, -0.15) is 13.2 Å². The summed E-state index contributed by atoms with van der Waals surface area (Å²) in [6.07, 6.45) is -3.86. The van der Waals surface area contributed by atoms with Gasteiger partial charge in [0.1, 0.15) is 6.04 Å². The molecule has 0 aliphatic carbocycles. The third-order valence-electron chi connectivity index (χ3n) is 7.93. The van der Waals surface area contributed by atoms with Crippen LogP contribution in [0.4, 0.5) is 13.2 Å². The number of aliphatic hydroxyl groups excluding tert-OH is 1. The van der Waals surface area contributed by atoms with Crippen molar-refractivity contribution in [2.75, 3.05) is 12.3 Å². The average molecular weight is 630 g/mol. The lowest BCUT2D eigenvalue weighted by Gasteiger charge is -2.41. The van der Waals surface area contributed by atoms with Gasteiger partial charge >= 0.3 is 12.1 Å². The summed E-state index contributed by atoms with van der Waals surface area (Å²) >= 11 is 1.60. The van der Waals surface area contributed by atoms with Crippen molar-refractivity contribution in [2.24, 2.45) is 5.92 Å². The molecule has 2 amide bonds. The number of carbonyl (C=O) groups is 2. The van der Waals surface area contributed by atoms with E-state index in [-0.39, 0.29) is 44.2 Å². The molecule has 0 unspecified atom stereocenters. The second-order valence-electron chi connectivity index (χ2n) is 10.9. The highest BCUT2D eigenvalue weighted by Gasteiger charge is 2.47. The molecule has 0 spiro atoms. The van der Waals surface area contributed by atoms with Crippen LogP contribution >= 0.6 is 11.8 Å². The summed E-state index contributed by atoms with van der Waals surface area (Å²) in [7, 11) is 0. The van der Waals surface area contributed by atoms with E-state index in [9.17, 15) is 27.9 Å². The number of nitrogens with one attached hydrogen (secondary N) is 1. The number of rotatable bonds is 9. The van der Waals surface area contributed by atoms with Crippen LogP contribution < -0.4 is 5.32 Å². The lowest BCUT2D eigenvalue weighted by Crippen LogP contribution is -2.50. The zero-order chi connectivity index (χ0) is 31.3. The van der Waals surface area contributed by atoms with Crippen molar-refractivity contribution in [3.63, 3.8) is 0 Å². The zero-order valence-electron chi connectivity index (χ0n) is 24.1. The van der Waals surface area contributed by atoms with Crippen molar-refractivity contribution >= 4 is 23.6 Å². The molecule has 5 rings (SSSR count). The number of halogens is 3. The number of ether oxygens (including phenoxy) is 2. The van der Waals surface area contributed by atoms with Gasteiger partial charge in [0, 0.05) is 36.5 Å². The number of alkyl halides is 3. The van der Waals surface area contributed by atoms with E-state index in [1.165, 1.54) is 0 Å². The summed E-state index contributed by atoms with van der Waals surface area (Å²) in [6.45, 7) is 2.03. The molecule has 12 heteroatoms. The molecule has 5 atom stereocenters. The summed E-state index contributed by atoms with van der Waals surface area (Å²) < 4.78 is 51.8. The Labute approximate surface area is 258 Å². The van der Waals surface area contributed by atoms with Crippen LogP contribution in [-0.4, -0.2) is 57.4 Å². The zero-order valence-corrected chi connectivity index (χ0v) is 24.9. The lowest BCUT2D eigenvalue weighted by atomic mass is 9.91. The first-order valence-corrected chi connectivity index (χ1v) is 15.4. The van der Waals surface area contributed by atoms with Crippen LogP contribution in [0.25, 0.3) is 0 Å². The number of aliphatic hydroxyl groups is 1. The molecular formula is C32H34F3N3O5S. The summed E-state index contributed by atoms with van der Waals surface area (Å²) in [4.78, 5) is 29.4. The van der Waals surface area contributed by atoms with Gasteiger partial charge in [-0.05, 0) is 41.7 Å². The minimum absolute atomic E-state index is 0.0105. The molecule has 2 aliphatic rings. The maximum Gasteiger partial charge on any atom is 0.471 e. The van der Waals surface area contributed by atoms with Crippen molar-refractivity contribution in [2.45, 2.75) is 68.7 Å². The van der Waals surface area contributed by atoms with Gasteiger partial charge in [0.05, 0.1) is 23.8 Å². The number of aromatic nitrogens is 1. The lowest BCUT2D eigenvalue weighted by molar-refractivity contribution is -0.268. The third kappa shape index (κ3) is 7.60. The number of hydrogen-bond acceptors (Lipinski definition) is 7. The molecule has 0 radical (unpaired) electrons. The van der Waals surface area contributed by atoms with Crippen LogP contribution in [0.5, 0.6) is 0 Å². The highest BCUT2D eigenvalue weighted by Crippen LogP contribution is 2.43. The molecule has 1 aromatic heterocycles. The number of amides is 2. The van der Waals surface area contributed by atoms with Crippen LogP contribution in [0.1, 0.15) is 54.4 Å². The van der Waals surface area contributed by atoms with Crippen LogP contribution in [0.15, 0.2) is 78.0 Å². The molecule has 0 bridgehead atoms. The first kappa shape index (κ1) is 32.0. The van der Waals surface area contributed by atoms with Crippen molar-refractivity contribution in [3.05, 3.63) is 95.2 Å². The Balaban J connectivity index is 1.26. The Bertz CT molecular complexity index is 1410. The number of likely N-dealkylation sites (tertiary alicyclic amines) is 1. The first-order valence-electron chi connectivity index (χ1n) is 14.4. The van der Waals surface area contributed by atoms with E-state index >= 15 is 0 Å². The molecular weight excluding hydrogens is 595 g/mol. The Morgan fingerprint density at radius 1 is 1.02 bits per heavy atom. The smallest absolute Gasteiger partial charge is 0.392 e. The standard InChI is InChI=1S/C32H34F3N3O5S/c1-20-26(19-44-27-6-2-3-15-36-27)42-30(43-28(20)23-11-9-22(18-39)10-12-23)24-13-7-21(8-14-24)17-37-29(40)25-5-4-16-38(25)31(41)32(33,34)35/h2-3,6-15,20,25-26,28,30,39H,4-5,16-19H2,1H3,(H,37,40)/t20-,25+,26+,28+,30+/m1/s1. The second kappa shape index (κ2) is 14.1. The Morgan fingerprint density at radius 3 is 2.39 bits per heavy atom. The quantitative estimate of drug-likeness (QED) is 0.309. The number of hydrogen-bond donors (Lipinski definition) is 2. The van der Waals surface area contributed by atoms with Crippen LogP contribution in [0.2, 0.25) is 0 Å². The number of benzene rings is 2. The first-order chi connectivity index (χ1) is 21.1. The summed E-state index contributed by atoms with van der Waals surface area (Å²) in [5.41, 5.74) is 3.29. The average Bonchev–Trinajstić information content (AvgIpc) is 3.53. The number of carbonyl (C=O) groups excluding carboxylic acids is 2. The molecule has 3 heterocycles. The van der Waals surface area contributed by atoms with E-state index in [4.69, 9.17) is 9.47 Å². The molecule has 2 fully saturated rings. The van der Waals surface area contributed by atoms with E-state index in [2.05, 4.69) is 17.2 Å². The molecule has 2 aliphatic heterocycles. The maximum absolute atomic E-state index is 12.9. The SMILES string of the molecule is C[C@@H]1[C@H](CSc2ccccn2)O[C@H](c2ccc(CNC(=O)[C@@H]3CCCN3C(=O)C(F)(F)F)cc2)O[C@@H]1c1ccc(CO)cc1. The topological polar surface area (TPSA) is 101 Å². The van der Waals surface area contributed by atoms with Crippen molar-refractivity contribution < 1.29 is 37.3 Å². The number of nitrogens with zero attached hydrogens (tertiary/aromatic N) is 2. The van der Waals surface area contributed by atoms with Crippen LogP contribution in [0, 0.1) is 5.92 Å². The van der Waals surface area contributed by atoms with Gasteiger partial charge in [0.25, 0.3) is 0 Å². The largest absolute Gasteiger partial charge is 0.471 e. The van der Waals surface area contributed by atoms with Gasteiger partial charge < -0.3 is 24.8 Å². The summed E-state index contributed by atoms with van der Waals surface area (Å²) in [6, 6.07) is 19.6. The maximum atomic E-state index is 12.9. The highest BCUT2D eigenvalue weighted by molar-refractivity contribution is 7.99. The van der Waals surface area contributed by atoms with Gasteiger partial charge in [0.2, 0.25) is 5.91 Å². The summed E-state index contributed by atoms with van der Waals surface area (Å²) in [5, 5.41) is 13.0. The second-order valence-corrected chi connectivity index (χ2v) is 12.0. The molecule has 44 heavy (non-hydrogen) atoms. The fraction of sp³-hybridized carbons (Fsp3) is 0.406. The molecule has 2 saturated heterocycles. The monoisotopic (exact) mass is 629 g/mol. The molecule has 2 N–H and O–H groups in total. The van der Waals surface area contributed by atoms with Gasteiger partial charge in [-0.15, -0.1) is 11.8 Å². The predicted molar refractivity (Wildman–Crippen MR) is 157 cm³/mol. The van der Waals surface area contributed by atoms with E-state index < -0.39 is 30.3 Å². The minimum Gasteiger partial charge on any atom is -0.392 e. The molecule has 3 aromatic rings. The van der Waals surface area contributed by atoms with Crippen LogP contribution in [-0.2, 0) is 32.2 Å². The minimum atomic E-state index is -5.02. The van der Waals surface area contributed by atoms with E-state index in [1.54, 1.807) is 30.1 Å². The fourth-order valence-corrected chi connectivity index (χ4v) is 6.48. The number of pyridine rings is 1. The highest BCUT2D eigenvalue weighted by atomic mass is 32.2. The summed E-state index contributed by atoms with van der Waals surface area (Å²) in [5.74, 6) is -1.93. The van der Waals surface area contributed by atoms with Gasteiger partial charge in [-0.1, -0.05) is 61.5 Å². The van der Waals surface area contributed by atoms with Crippen LogP contribution in [0.3, 0.4) is 0 Å². The normalized spacial score (nSPS) is 23.8. The molecule has 2 aromatic carbocycles.